The summed E-state index contributed by atoms with van der Waals surface area (Å²) in [6, 6.07) is 13.1. The Bertz CT molecular complexity index is 1150. The summed E-state index contributed by atoms with van der Waals surface area (Å²) < 4.78 is 1.64. The number of H-pyrrole nitrogens is 1. The van der Waals surface area contributed by atoms with Crippen LogP contribution >= 0.6 is 11.8 Å². The summed E-state index contributed by atoms with van der Waals surface area (Å²) in [6.45, 7) is 4.08. The standard InChI is InChI=1S/C19H18N6OS/c1-11-12(2)20-17-8-7-13(9-16(11)17)18(26)21-14-5-4-6-15(10-14)25-19(27-3)22-23-24-25/h4-10,20H,1-3H3,(H,21,26). The predicted octanol–water partition coefficient (Wildman–Crippen LogP) is 3.73. The van der Waals surface area contributed by atoms with E-state index in [2.05, 4.69) is 32.7 Å². The smallest absolute Gasteiger partial charge is 0.255 e. The highest BCUT2D eigenvalue weighted by atomic mass is 32.2. The number of aromatic amines is 1. The number of anilines is 1. The molecule has 0 radical (unpaired) electrons. The first-order chi connectivity index (χ1) is 13.1. The molecule has 136 valence electrons. The number of aromatic nitrogens is 5. The van der Waals surface area contributed by atoms with E-state index in [1.807, 2.05) is 55.6 Å². The quantitative estimate of drug-likeness (QED) is 0.528. The van der Waals surface area contributed by atoms with Crippen molar-refractivity contribution in [2.45, 2.75) is 19.0 Å². The number of thioether (sulfide) groups is 1. The minimum atomic E-state index is -0.158. The maximum Gasteiger partial charge on any atom is 0.255 e. The van der Waals surface area contributed by atoms with Crippen LogP contribution in [-0.2, 0) is 0 Å². The second kappa shape index (κ2) is 6.88. The van der Waals surface area contributed by atoms with Crippen molar-refractivity contribution < 1.29 is 4.79 Å². The molecule has 0 aliphatic rings. The van der Waals surface area contributed by atoms with E-state index in [9.17, 15) is 4.79 Å². The molecular formula is C19H18N6OS. The number of rotatable bonds is 4. The van der Waals surface area contributed by atoms with Gasteiger partial charge in [0.25, 0.3) is 5.91 Å². The molecule has 0 saturated heterocycles. The first kappa shape index (κ1) is 17.3. The van der Waals surface area contributed by atoms with Crippen LogP contribution in [0.1, 0.15) is 21.6 Å². The number of nitrogens with zero attached hydrogens (tertiary/aromatic N) is 4. The molecule has 0 fully saturated rings. The Hall–Kier alpha value is -3.13. The number of carbonyl (C=O) groups excluding carboxylic acids is 1. The third kappa shape index (κ3) is 3.19. The largest absolute Gasteiger partial charge is 0.358 e. The van der Waals surface area contributed by atoms with Gasteiger partial charge in [-0.25, -0.2) is 0 Å². The summed E-state index contributed by atoms with van der Waals surface area (Å²) in [7, 11) is 0. The maximum atomic E-state index is 12.7. The molecule has 0 bridgehead atoms. The molecule has 0 saturated carbocycles. The molecule has 0 aliphatic heterocycles. The summed E-state index contributed by atoms with van der Waals surface area (Å²) in [5.74, 6) is -0.158. The number of aryl methyl sites for hydroxylation is 2. The molecule has 0 unspecified atom stereocenters. The van der Waals surface area contributed by atoms with E-state index in [1.165, 1.54) is 11.8 Å². The van der Waals surface area contributed by atoms with E-state index in [4.69, 9.17) is 0 Å². The highest BCUT2D eigenvalue weighted by Gasteiger charge is 2.12. The van der Waals surface area contributed by atoms with Crippen LogP contribution in [0.3, 0.4) is 0 Å². The zero-order valence-electron chi connectivity index (χ0n) is 15.1. The van der Waals surface area contributed by atoms with Crippen molar-refractivity contribution in [1.29, 1.82) is 0 Å². The van der Waals surface area contributed by atoms with Crippen LogP contribution in [0.15, 0.2) is 47.6 Å². The normalized spacial score (nSPS) is 11.1. The average Bonchev–Trinajstić information content (AvgIpc) is 3.26. The number of hydrogen-bond acceptors (Lipinski definition) is 5. The van der Waals surface area contributed by atoms with E-state index >= 15 is 0 Å². The number of hydrogen-bond donors (Lipinski definition) is 2. The van der Waals surface area contributed by atoms with Crippen molar-refractivity contribution in [2.24, 2.45) is 0 Å². The first-order valence-corrected chi connectivity index (χ1v) is 9.62. The monoisotopic (exact) mass is 378 g/mol. The molecule has 2 heterocycles. The van der Waals surface area contributed by atoms with Crippen LogP contribution in [0.4, 0.5) is 5.69 Å². The number of nitrogens with one attached hydrogen (secondary N) is 2. The minimum Gasteiger partial charge on any atom is -0.358 e. The molecule has 27 heavy (non-hydrogen) atoms. The van der Waals surface area contributed by atoms with Crippen molar-refractivity contribution in [3.8, 4) is 5.69 Å². The van der Waals surface area contributed by atoms with Gasteiger partial charge in [-0.15, -0.1) is 5.10 Å². The topological polar surface area (TPSA) is 88.5 Å². The molecule has 8 heteroatoms. The zero-order chi connectivity index (χ0) is 19.0. The fraction of sp³-hybridized carbons (Fsp3) is 0.158. The molecule has 7 nitrogen and oxygen atoms in total. The number of fused-ring (bicyclic) bond motifs is 1. The summed E-state index contributed by atoms with van der Waals surface area (Å²) in [4.78, 5) is 16.0. The predicted molar refractivity (Wildman–Crippen MR) is 107 cm³/mol. The maximum absolute atomic E-state index is 12.7. The van der Waals surface area contributed by atoms with Crippen molar-refractivity contribution in [3.05, 3.63) is 59.3 Å². The number of amides is 1. The summed E-state index contributed by atoms with van der Waals surface area (Å²) in [5.41, 5.74) is 5.39. The Morgan fingerprint density at radius 1 is 1.19 bits per heavy atom. The zero-order valence-corrected chi connectivity index (χ0v) is 16.0. The van der Waals surface area contributed by atoms with Gasteiger partial charge in [0.15, 0.2) is 0 Å². The first-order valence-electron chi connectivity index (χ1n) is 8.40. The molecule has 2 aromatic heterocycles. The van der Waals surface area contributed by atoms with Crippen LogP contribution in [0.25, 0.3) is 16.6 Å². The van der Waals surface area contributed by atoms with Crippen molar-refractivity contribution in [3.63, 3.8) is 0 Å². The fourth-order valence-corrected chi connectivity index (χ4v) is 3.42. The SMILES string of the molecule is CSc1nnnn1-c1cccc(NC(=O)c2ccc3[nH]c(C)c(C)c3c2)c1. The second-order valence-electron chi connectivity index (χ2n) is 6.22. The molecule has 0 atom stereocenters. The number of benzene rings is 2. The Kier molecular flexibility index (Phi) is 4.41. The molecule has 2 N–H and O–H groups in total. The van der Waals surface area contributed by atoms with Crippen molar-refractivity contribution >= 4 is 34.3 Å². The minimum absolute atomic E-state index is 0.158. The third-order valence-corrected chi connectivity index (χ3v) is 5.16. The van der Waals surface area contributed by atoms with Crippen molar-refractivity contribution in [2.75, 3.05) is 11.6 Å². The lowest BCUT2D eigenvalue weighted by Crippen LogP contribution is -2.12. The van der Waals surface area contributed by atoms with Gasteiger partial charge in [0, 0.05) is 27.8 Å². The lowest BCUT2D eigenvalue weighted by Gasteiger charge is -2.08. The molecule has 2 aromatic carbocycles. The molecule has 1 amide bonds. The highest BCUT2D eigenvalue weighted by molar-refractivity contribution is 7.98. The van der Waals surface area contributed by atoms with E-state index in [1.54, 1.807) is 4.68 Å². The van der Waals surface area contributed by atoms with Gasteiger partial charge in [0.05, 0.1) is 5.69 Å². The van der Waals surface area contributed by atoms with Gasteiger partial charge < -0.3 is 10.3 Å². The highest BCUT2D eigenvalue weighted by Crippen LogP contribution is 2.23. The lowest BCUT2D eigenvalue weighted by atomic mass is 10.1. The van der Waals surface area contributed by atoms with Crippen LogP contribution in [0.5, 0.6) is 0 Å². The van der Waals surface area contributed by atoms with Gasteiger partial charge in [0.1, 0.15) is 0 Å². The Balaban J connectivity index is 1.62. The molecule has 4 rings (SSSR count). The van der Waals surface area contributed by atoms with Gasteiger partial charge in [-0.3, -0.25) is 4.79 Å². The lowest BCUT2D eigenvalue weighted by molar-refractivity contribution is 0.102. The second-order valence-corrected chi connectivity index (χ2v) is 6.99. The third-order valence-electron chi connectivity index (χ3n) is 4.54. The molecular weight excluding hydrogens is 360 g/mol. The Labute approximate surface area is 160 Å². The van der Waals surface area contributed by atoms with Crippen molar-refractivity contribution in [1.82, 2.24) is 25.2 Å². The van der Waals surface area contributed by atoms with E-state index in [0.29, 0.717) is 16.4 Å². The van der Waals surface area contributed by atoms with Gasteiger partial charge in [-0.05, 0) is 72.5 Å². The van der Waals surface area contributed by atoms with Gasteiger partial charge >= 0.3 is 0 Å². The number of carbonyl (C=O) groups is 1. The van der Waals surface area contributed by atoms with Gasteiger partial charge in [0.2, 0.25) is 5.16 Å². The summed E-state index contributed by atoms with van der Waals surface area (Å²) >= 11 is 1.45. The fourth-order valence-electron chi connectivity index (χ4n) is 2.99. The van der Waals surface area contributed by atoms with Crippen LogP contribution in [-0.4, -0.2) is 37.4 Å². The Morgan fingerprint density at radius 2 is 2.04 bits per heavy atom. The average molecular weight is 378 g/mol. The Morgan fingerprint density at radius 3 is 2.85 bits per heavy atom. The van der Waals surface area contributed by atoms with Crippen LogP contribution in [0.2, 0.25) is 0 Å². The summed E-state index contributed by atoms with van der Waals surface area (Å²) in [6.07, 6.45) is 1.91. The van der Waals surface area contributed by atoms with Gasteiger partial charge in [-0.1, -0.05) is 17.8 Å². The van der Waals surface area contributed by atoms with E-state index < -0.39 is 0 Å². The van der Waals surface area contributed by atoms with Crippen LogP contribution < -0.4 is 5.32 Å². The van der Waals surface area contributed by atoms with E-state index in [-0.39, 0.29) is 5.91 Å². The molecule has 0 spiro atoms. The van der Waals surface area contributed by atoms with Gasteiger partial charge in [-0.2, -0.15) is 4.68 Å². The number of tetrazole rings is 1. The summed E-state index contributed by atoms with van der Waals surface area (Å²) in [5, 5.41) is 16.4. The molecule has 4 aromatic rings. The molecule has 0 aliphatic carbocycles. The van der Waals surface area contributed by atoms with Crippen LogP contribution in [0, 0.1) is 13.8 Å². The van der Waals surface area contributed by atoms with E-state index in [0.717, 1.165) is 27.8 Å².